The predicted molar refractivity (Wildman–Crippen MR) is 122 cm³/mol. The summed E-state index contributed by atoms with van der Waals surface area (Å²) in [5.74, 6) is 0.938. The predicted octanol–water partition coefficient (Wildman–Crippen LogP) is 4.45. The van der Waals surface area contributed by atoms with Gasteiger partial charge in [-0.25, -0.2) is 0 Å². The Morgan fingerprint density at radius 3 is 2.35 bits per heavy atom. The molecule has 3 aromatic carbocycles. The van der Waals surface area contributed by atoms with Crippen molar-refractivity contribution >= 4 is 33.4 Å². The molecule has 0 radical (unpaired) electrons. The van der Waals surface area contributed by atoms with Gasteiger partial charge in [-0.15, -0.1) is 0 Å². The molecule has 1 heterocycles. The van der Waals surface area contributed by atoms with Crippen LogP contribution in [0.2, 0.25) is 0 Å². The highest BCUT2D eigenvalue weighted by Gasteiger charge is 2.16. The molecular formula is C24H21BrN2O4. The van der Waals surface area contributed by atoms with Crippen LogP contribution in [0.25, 0.3) is 0 Å². The van der Waals surface area contributed by atoms with E-state index in [0.717, 1.165) is 17.1 Å². The van der Waals surface area contributed by atoms with Gasteiger partial charge in [0.05, 0.1) is 16.8 Å². The number of benzene rings is 3. The van der Waals surface area contributed by atoms with E-state index in [-0.39, 0.29) is 11.8 Å². The number of fused-ring (bicyclic) bond motifs is 1. The van der Waals surface area contributed by atoms with Gasteiger partial charge >= 0.3 is 0 Å². The molecular weight excluding hydrogens is 460 g/mol. The Kier molecular flexibility index (Phi) is 6.52. The van der Waals surface area contributed by atoms with E-state index in [1.54, 1.807) is 42.5 Å². The van der Waals surface area contributed by atoms with Crippen LogP contribution < -0.4 is 20.1 Å². The summed E-state index contributed by atoms with van der Waals surface area (Å²) in [5.41, 5.74) is 2.40. The van der Waals surface area contributed by atoms with Gasteiger partial charge in [-0.3, -0.25) is 9.59 Å². The first-order valence-corrected chi connectivity index (χ1v) is 10.7. The van der Waals surface area contributed by atoms with Gasteiger partial charge in [0, 0.05) is 11.0 Å². The van der Waals surface area contributed by atoms with Crippen LogP contribution >= 0.6 is 15.9 Å². The van der Waals surface area contributed by atoms with E-state index >= 15 is 0 Å². The Balaban J connectivity index is 1.39. The molecule has 0 aliphatic carbocycles. The highest BCUT2D eigenvalue weighted by atomic mass is 79.9. The van der Waals surface area contributed by atoms with Gasteiger partial charge in [-0.05, 0) is 64.3 Å². The molecule has 0 saturated carbocycles. The fourth-order valence-corrected chi connectivity index (χ4v) is 3.75. The van der Waals surface area contributed by atoms with Crippen LogP contribution in [0.1, 0.15) is 26.3 Å². The average molecular weight is 481 g/mol. The Hall–Kier alpha value is -3.32. The number of carbonyl (C=O) groups is 2. The second-order valence-electron chi connectivity index (χ2n) is 6.96. The van der Waals surface area contributed by atoms with Crippen molar-refractivity contribution in [2.24, 2.45) is 0 Å². The van der Waals surface area contributed by atoms with Gasteiger partial charge < -0.3 is 20.1 Å². The Morgan fingerprint density at radius 2 is 1.55 bits per heavy atom. The molecule has 0 spiro atoms. The van der Waals surface area contributed by atoms with E-state index in [1.807, 2.05) is 24.3 Å². The summed E-state index contributed by atoms with van der Waals surface area (Å²) in [7, 11) is 0. The second-order valence-corrected chi connectivity index (χ2v) is 7.82. The quantitative estimate of drug-likeness (QED) is 0.546. The van der Waals surface area contributed by atoms with E-state index in [1.165, 1.54) is 0 Å². The maximum absolute atomic E-state index is 12.8. The van der Waals surface area contributed by atoms with E-state index in [2.05, 4.69) is 26.6 Å². The van der Waals surface area contributed by atoms with Crippen molar-refractivity contribution in [1.82, 2.24) is 5.32 Å². The first-order chi connectivity index (χ1) is 15.1. The molecule has 1 aliphatic heterocycles. The largest absolute Gasteiger partial charge is 0.486 e. The zero-order chi connectivity index (χ0) is 21.6. The molecule has 2 amide bonds. The molecule has 7 heteroatoms. The number of carbonyl (C=O) groups excluding carboxylic acids is 2. The summed E-state index contributed by atoms with van der Waals surface area (Å²) in [4.78, 5) is 25.4. The number of para-hydroxylation sites is 1. The molecule has 4 rings (SSSR count). The molecule has 0 fully saturated rings. The number of anilines is 1. The summed E-state index contributed by atoms with van der Waals surface area (Å²) < 4.78 is 11.8. The van der Waals surface area contributed by atoms with Crippen molar-refractivity contribution in [2.45, 2.75) is 6.42 Å². The monoisotopic (exact) mass is 480 g/mol. The van der Waals surface area contributed by atoms with Gasteiger partial charge in [0.1, 0.15) is 13.2 Å². The number of nitrogens with one attached hydrogen (secondary N) is 2. The average Bonchev–Trinajstić information content (AvgIpc) is 2.79. The van der Waals surface area contributed by atoms with Crippen molar-refractivity contribution in [3.8, 4) is 11.5 Å². The van der Waals surface area contributed by atoms with Gasteiger partial charge in [0.25, 0.3) is 11.8 Å². The minimum Gasteiger partial charge on any atom is -0.486 e. The SMILES string of the molecule is O=C(Nc1ccccc1C(=O)NCCc1ccc2c(c1)OCCO2)c1ccccc1Br. The molecule has 0 atom stereocenters. The molecule has 0 aromatic heterocycles. The Morgan fingerprint density at radius 1 is 0.839 bits per heavy atom. The fourth-order valence-electron chi connectivity index (χ4n) is 3.28. The molecule has 3 aromatic rings. The summed E-state index contributed by atoms with van der Waals surface area (Å²) in [6.45, 7) is 1.54. The van der Waals surface area contributed by atoms with E-state index in [0.29, 0.717) is 47.5 Å². The van der Waals surface area contributed by atoms with Crippen LogP contribution in [0.5, 0.6) is 11.5 Å². The van der Waals surface area contributed by atoms with E-state index in [9.17, 15) is 9.59 Å². The lowest BCUT2D eigenvalue weighted by Gasteiger charge is -2.19. The summed E-state index contributed by atoms with van der Waals surface area (Å²) in [6.07, 6.45) is 0.647. The van der Waals surface area contributed by atoms with Gasteiger partial charge in [-0.1, -0.05) is 30.3 Å². The standard InChI is InChI=1S/C24H21BrN2O4/c25-19-7-3-1-5-17(19)24(29)27-20-8-4-2-6-18(20)23(28)26-12-11-16-9-10-21-22(15-16)31-14-13-30-21/h1-10,15H,11-14H2,(H,26,28)(H,27,29). The first kappa shape index (κ1) is 20.9. The van der Waals surface area contributed by atoms with Gasteiger partial charge in [-0.2, -0.15) is 0 Å². The number of rotatable bonds is 6. The fraction of sp³-hybridized carbons (Fsp3) is 0.167. The van der Waals surface area contributed by atoms with Crippen LogP contribution in [0.15, 0.2) is 71.2 Å². The molecule has 1 aliphatic rings. The lowest BCUT2D eigenvalue weighted by Crippen LogP contribution is -2.27. The third-order valence-corrected chi connectivity index (χ3v) is 5.54. The smallest absolute Gasteiger partial charge is 0.256 e. The Labute approximate surface area is 188 Å². The minimum atomic E-state index is -0.288. The zero-order valence-electron chi connectivity index (χ0n) is 16.7. The molecule has 31 heavy (non-hydrogen) atoms. The maximum Gasteiger partial charge on any atom is 0.256 e. The van der Waals surface area contributed by atoms with Gasteiger partial charge in [0.2, 0.25) is 0 Å². The lowest BCUT2D eigenvalue weighted by molar-refractivity contribution is 0.0955. The van der Waals surface area contributed by atoms with E-state index < -0.39 is 0 Å². The van der Waals surface area contributed by atoms with Crippen LogP contribution in [0.4, 0.5) is 5.69 Å². The van der Waals surface area contributed by atoms with Crippen LogP contribution in [0, 0.1) is 0 Å². The van der Waals surface area contributed by atoms with E-state index in [4.69, 9.17) is 9.47 Å². The van der Waals surface area contributed by atoms with Gasteiger partial charge in [0.15, 0.2) is 11.5 Å². The number of ether oxygens (including phenoxy) is 2. The highest BCUT2D eigenvalue weighted by molar-refractivity contribution is 9.10. The summed E-state index contributed by atoms with van der Waals surface area (Å²) >= 11 is 3.38. The summed E-state index contributed by atoms with van der Waals surface area (Å²) in [5, 5.41) is 5.75. The number of amides is 2. The minimum absolute atomic E-state index is 0.249. The van der Waals surface area contributed by atoms with Crippen molar-refractivity contribution in [2.75, 3.05) is 25.1 Å². The van der Waals surface area contributed by atoms with Crippen molar-refractivity contribution in [3.63, 3.8) is 0 Å². The zero-order valence-corrected chi connectivity index (χ0v) is 18.3. The van der Waals surface area contributed by atoms with Crippen LogP contribution in [0.3, 0.4) is 0 Å². The lowest BCUT2D eigenvalue weighted by atomic mass is 10.1. The normalized spacial score (nSPS) is 12.2. The molecule has 158 valence electrons. The number of hydrogen-bond donors (Lipinski definition) is 2. The highest BCUT2D eigenvalue weighted by Crippen LogP contribution is 2.30. The maximum atomic E-state index is 12.8. The molecule has 0 bridgehead atoms. The van der Waals surface area contributed by atoms with Crippen molar-refractivity contribution < 1.29 is 19.1 Å². The molecule has 6 nitrogen and oxygen atoms in total. The van der Waals surface area contributed by atoms with Crippen LogP contribution in [-0.4, -0.2) is 31.6 Å². The Bertz CT molecular complexity index is 1120. The molecule has 0 unspecified atom stereocenters. The second kappa shape index (κ2) is 9.66. The third kappa shape index (κ3) is 5.06. The van der Waals surface area contributed by atoms with Crippen molar-refractivity contribution in [3.05, 3.63) is 87.9 Å². The summed E-state index contributed by atoms with van der Waals surface area (Å²) in [6, 6.07) is 19.9. The number of halogens is 1. The topological polar surface area (TPSA) is 76.7 Å². The molecule has 0 saturated heterocycles. The van der Waals surface area contributed by atoms with Crippen molar-refractivity contribution in [1.29, 1.82) is 0 Å². The third-order valence-electron chi connectivity index (χ3n) is 4.84. The number of hydrogen-bond acceptors (Lipinski definition) is 4. The van der Waals surface area contributed by atoms with Crippen LogP contribution in [-0.2, 0) is 6.42 Å². The first-order valence-electron chi connectivity index (χ1n) is 9.93. The molecule has 2 N–H and O–H groups in total.